The molecule has 6 atom stereocenters. The summed E-state index contributed by atoms with van der Waals surface area (Å²) in [5, 5.41) is 24.3. The van der Waals surface area contributed by atoms with Gasteiger partial charge < -0.3 is 29.2 Å². The molecule has 2 aliphatic rings. The van der Waals surface area contributed by atoms with Crippen LogP contribution in [0.25, 0.3) is 10.4 Å². The summed E-state index contributed by atoms with van der Waals surface area (Å²) >= 11 is 0. The Bertz CT molecular complexity index is 986. The highest BCUT2D eigenvalue weighted by Gasteiger charge is 2.71. The average Bonchev–Trinajstić information content (AvgIpc) is 3.29. The van der Waals surface area contributed by atoms with Gasteiger partial charge in [-0.3, -0.25) is 0 Å². The highest BCUT2D eigenvalue weighted by atomic mass is 16.7. The zero-order valence-corrected chi connectivity index (χ0v) is 17.8. The van der Waals surface area contributed by atoms with Crippen LogP contribution >= 0.6 is 0 Å². The summed E-state index contributed by atoms with van der Waals surface area (Å²) in [6, 6.07) is 18.9. The molecule has 0 amide bonds. The van der Waals surface area contributed by atoms with E-state index >= 15 is 0 Å². The van der Waals surface area contributed by atoms with E-state index in [0.717, 1.165) is 11.1 Å². The topological polar surface area (TPSA) is 143 Å². The number of aliphatic hydroxyl groups is 1. The third-order valence-corrected chi connectivity index (χ3v) is 5.88. The van der Waals surface area contributed by atoms with E-state index in [1.54, 1.807) is 0 Å². The first-order valence-electron chi connectivity index (χ1n) is 10.6. The molecule has 33 heavy (non-hydrogen) atoms. The number of azide groups is 1. The Morgan fingerprint density at radius 1 is 1.06 bits per heavy atom. The van der Waals surface area contributed by atoms with Crippen molar-refractivity contribution in [3.8, 4) is 0 Å². The summed E-state index contributed by atoms with van der Waals surface area (Å²) < 4.78 is 23.7. The maximum absolute atomic E-state index is 12.3. The molecule has 0 aliphatic carbocycles. The molecule has 2 heterocycles. The van der Waals surface area contributed by atoms with Crippen LogP contribution in [0.3, 0.4) is 0 Å². The summed E-state index contributed by atoms with van der Waals surface area (Å²) in [5.41, 5.74) is 8.40. The highest BCUT2D eigenvalue weighted by Crippen LogP contribution is 2.45. The van der Waals surface area contributed by atoms with Crippen LogP contribution in [0.2, 0.25) is 0 Å². The third kappa shape index (κ3) is 4.72. The van der Waals surface area contributed by atoms with E-state index in [4.69, 9.17) is 24.5 Å². The molecule has 0 saturated carbocycles. The molecule has 4 rings (SSSR count). The number of nitrogens with zero attached hydrogens (tertiary/aromatic N) is 3. The lowest BCUT2D eigenvalue weighted by Gasteiger charge is -2.26. The molecule has 174 valence electrons. The molecular weight excluding hydrogens is 430 g/mol. The lowest BCUT2D eigenvalue weighted by molar-refractivity contribution is -0.182. The quantitative estimate of drug-likeness (QED) is 0.318. The maximum Gasteiger partial charge on any atom is 0.341 e. The molecule has 0 bridgehead atoms. The molecule has 2 N–H and O–H groups in total. The van der Waals surface area contributed by atoms with E-state index in [0.29, 0.717) is 6.61 Å². The van der Waals surface area contributed by atoms with Crippen molar-refractivity contribution in [2.24, 2.45) is 5.11 Å². The molecule has 10 nitrogen and oxygen atoms in total. The molecule has 0 aromatic heterocycles. The smallest absolute Gasteiger partial charge is 0.341 e. The van der Waals surface area contributed by atoms with Crippen molar-refractivity contribution in [1.29, 1.82) is 0 Å². The Labute approximate surface area is 190 Å². The lowest BCUT2D eigenvalue weighted by atomic mass is 9.89. The third-order valence-electron chi connectivity index (χ3n) is 5.88. The van der Waals surface area contributed by atoms with E-state index in [2.05, 4.69) is 10.0 Å². The second-order valence-electron chi connectivity index (χ2n) is 7.97. The van der Waals surface area contributed by atoms with Gasteiger partial charge in [0.05, 0.1) is 32.5 Å². The monoisotopic (exact) mass is 455 g/mol. The number of benzene rings is 2. The number of rotatable bonds is 10. The fourth-order valence-corrected chi connectivity index (χ4v) is 4.29. The van der Waals surface area contributed by atoms with Gasteiger partial charge in [0.2, 0.25) is 5.60 Å². The number of carboxylic acid groups (broad SMARTS) is 1. The summed E-state index contributed by atoms with van der Waals surface area (Å²) in [4.78, 5) is 15.0. The van der Waals surface area contributed by atoms with Gasteiger partial charge in [-0.2, -0.15) is 0 Å². The first kappa shape index (κ1) is 23.2. The minimum absolute atomic E-state index is 0.0387. The number of fused-ring (bicyclic) bond motifs is 1. The van der Waals surface area contributed by atoms with Crippen LogP contribution in [-0.4, -0.2) is 65.5 Å². The van der Waals surface area contributed by atoms with Crippen molar-refractivity contribution in [1.82, 2.24) is 0 Å². The van der Waals surface area contributed by atoms with E-state index in [-0.39, 0.29) is 19.8 Å². The van der Waals surface area contributed by atoms with Crippen molar-refractivity contribution in [3.63, 3.8) is 0 Å². The summed E-state index contributed by atoms with van der Waals surface area (Å²) in [6.07, 6.45) is -5.32. The Morgan fingerprint density at radius 3 is 2.30 bits per heavy atom. The SMILES string of the molecule is [N-]=[N+]=NC[C@@H]1O[C@H]2[C@H](OCc3ccccc3)[C@@H](COCc3ccccc3)O[C@@]2(C(=O)O)[C@@H]1O. The predicted octanol–water partition coefficient (Wildman–Crippen LogP) is 2.45. The second-order valence-corrected chi connectivity index (χ2v) is 7.97. The number of hydrogen-bond acceptors (Lipinski definition) is 7. The Balaban J connectivity index is 1.54. The minimum Gasteiger partial charge on any atom is -0.479 e. The van der Waals surface area contributed by atoms with Gasteiger partial charge in [-0.05, 0) is 16.7 Å². The van der Waals surface area contributed by atoms with Crippen molar-refractivity contribution < 1.29 is 34.0 Å². The molecule has 2 fully saturated rings. The molecule has 2 aromatic carbocycles. The van der Waals surface area contributed by atoms with Gasteiger partial charge in [0, 0.05) is 4.91 Å². The molecule has 2 aliphatic heterocycles. The van der Waals surface area contributed by atoms with Crippen LogP contribution in [0.1, 0.15) is 11.1 Å². The van der Waals surface area contributed by atoms with Crippen LogP contribution in [0.4, 0.5) is 0 Å². The Hall–Kier alpha value is -2.98. The minimum atomic E-state index is -2.06. The first-order valence-corrected chi connectivity index (χ1v) is 10.6. The lowest BCUT2D eigenvalue weighted by Crippen LogP contribution is -2.55. The van der Waals surface area contributed by atoms with E-state index < -0.39 is 42.1 Å². The molecule has 2 saturated heterocycles. The fourth-order valence-electron chi connectivity index (χ4n) is 4.29. The van der Waals surface area contributed by atoms with Gasteiger partial charge >= 0.3 is 5.97 Å². The first-order chi connectivity index (χ1) is 16.1. The van der Waals surface area contributed by atoms with Gasteiger partial charge in [0.15, 0.2) is 0 Å². The number of aliphatic hydroxyl groups excluding tert-OH is 1. The van der Waals surface area contributed by atoms with Crippen molar-refractivity contribution in [2.75, 3.05) is 13.2 Å². The Kier molecular flexibility index (Phi) is 7.24. The number of aliphatic carboxylic acids is 1. The average molecular weight is 455 g/mol. The largest absolute Gasteiger partial charge is 0.479 e. The normalized spacial score (nSPS) is 30.5. The Morgan fingerprint density at radius 2 is 1.70 bits per heavy atom. The summed E-state index contributed by atoms with van der Waals surface area (Å²) in [6.45, 7) is 0.306. The van der Waals surface area contributed by atoms with Crippen LogP contribution in [0, 0.1) is 0 Å². The zero-order valence-electron chi connectivity index (χ0n) is 17.8. The van der Waals surface area contributed by atoms with Crippen LogP contribution < -0.4 is 0 Å². The molecular formula is C23H25N3O7. The van der Waals surface area contributed by atoms with Crippen molar-refractivity contribution >= 4 is 5.97 Å². The van der Waals surface area contributed by atoms with Crippen LogP contribution in [-0.2, 0) is 37.0 Å². The second kappa shape index (κ2) is 10.3. The summed E-state index contributed by atoms with van der Waals surface area (Å²) in [5.74, 6) is -1.37. The number of carboxylic acids is 1. The van der Waals surface area contributed by atoms with E-state index in [9.17, 15) is 15.0 Å². The van der Waals surface area contributed by atoms with Gasteiger partial charge in [-0.15, -0.1) is 0 Å². The molecule has 0 spiro atoms. The van der Waals surface area contributed by atoms with Crippen molar-refractivity contribution in [3.05, 3.63) is 82.2 Å². The van der Waals surface area contributed by atoms with Crippen LogP contribution in [0.15, 0.2) is 65.8 Å². The molecule has 0 unspecified atom stereocenters. The molecule has 10 heteroatoms. The predicted molar refractivity (Wildman–Crippen MR) is 115 cm³/mol. The standard InChI is InChI=1S/C23H25N3O7/c24-26-25-11-17-20(27)23(22(28)29)21(32-17)19(31-13-16-9-5-2-6-10-16)18(33-23)14-30-12-15-7-3-1-4-8-15/h1-10,17-21,27H,11-14H2,(H,28,29)/t17-,18+,19+,20+,21-,23-/m0/s1. The molecule has 0 radical (unpaired) electrons. The van der Waals surface area contributed by atoms with Crippen LogP contribution in [0.5, 0.6) is 0 Å². The van der Waals surface area contributed by atoms with Gasteiger partial charge in [-0.1, -0.05) is 65.8 Å². The van der Waals surface area contributed by atoms with Gasteiger partial charge in [0.1, 0.15) is 24.4 Å². The van der Waals surface area contributed by atoms with E-state index in [1.807, 2.05) is 60.7 Å². The van der Waals surface area contributed by atoms with Gasteiger partial charge in [0.25, 0.3) is 0 Å². The number of ether oxygens (including phenoxy) is 4. The number of hydrogen-bond donors (Lipinski definition) is 2. The number of carbonyl (C=O) groups is 1. The highest BCUT2D eigenvalue weighted by molar-refractivity contribution is 5.81. The van der Waals surface area contributed by atoms with E-state index in [1.165, 1.54) is 0 Å². The zero-order chi connectivity index (χ0) is 23.3. The fraction of sp³-hybridized carbons (Fsp3) is 0.435. The maximum atomic E-state index is 12.3. The van der Waals surface area contributed by atoms with Gasteiger partial charge in [-0.25, -0.2) is 4.79 Å². The molecule has 2 aromatic rings. The van der Waals surface area contributed by atoms with Crippen molar-refractivity contribution in [2.45, 2.75) is 49.3 Å². The summed E-state index contributed by atoms with van der Waals surface area (Å²) in [7, 11) is 0.